The van der Waals surface area contributed by atoms with E-state index in [0.717, 1.165) is 29.9 Å². The summed E-state index contributed by atoms with van der Waals surface area (Å²) in [7, 11) is 1.81. The number of carbonyl (C=O) groups is 1. The van der Waals surface area contributed by atoms with Crippen LogP contribution in [0.2, 0.25) is 0 Å². The van der Waals surface area contributed by atoms with E-state index in [9.17, 15) is 4.79 Å². The molecular weight excluding hydrogens is 344 g/mol. The first-order valence-corrected chi connectivity index (χ1v) is 11.3. The molecule has 0 amide bonds. The minimum atomic E-state index is 0.237. The van der Waals surface area contributed by atoms with Crippen LogP contribution in [0.25, 0.3) is 0 Å². The molecule has 0 spiro atoms. The van der Waals surface area contributed by atoms with E-state index in [4.69, 9.17) is 4.74 Å². The lowest BCUT2D eigenvalue weighted by atomic mass is 9.46. The molecular formula is C26H34O2. The quantitative estimate of drug-likeness (QED) is 0.615. The third-order valence-corrected chi connectivity index (χ3v) is 9.55. The molecule has 0 bridgehead atoms. The molecule has 7 atom stereocenters. The molecule has 0 saturated heterocycles. The van der Waals surface area contributed by atoms with Crippen LogP contribution in [0.1, 0.15) is 70.3 Å². The lowest BCUT2D eigenvalue weighted by Crippen LogP contribution is -2.52. The van der Waals surface area contributed by atoms with Gasteiger partial charge in [-0.2, -0.15) is 0 Å². The van der Waals surface area contributed by atoms with Gasteiger partial charge in [0.25, 0.3) is 0 Å². The standard InChI is InChI=1S/C26H34O2/c1-25-14-12-18(27)16-17(25)8-9-19-21-10-11-22(26(21,2)15-13-23(19)25)20-6-4-5-7-24(20)28-3/h4-7,12,14,17,19,21-23H,8-11,13,15-16H2,1-3H3/t17?,19-,21-,22?,23+,25-,26-/m0/s1. The smallest absolute Gasteiger partial charge is 0.155 e. The fourth-order valence-electron chi connectivity index (χ4n) is 8.10. The van der Waals surface area contributed by atoms with E-state index in [0.29, 0.717) is 23.0 Å². The predicted octanol–water partition coefficient (Wildman–Crippen LogP) is 6.17. The first-order valence-electron chi connectivity index (χ1n) is 11.3. The van der Waals surface area contributed by atoms with Gasteiger partial charge in [-0.25, -0.2) is 0 Å². The molecule has 2 nitrogen and oxygen atoms in total. The van der Waals surface area contributed by atoms with Crippen molar-refractivity contribution in [3.8, 4) is 5.75 Å². The van der Waals surface area contributed by atoms with E-state index in [2.05, 4.69) is 44.2 Å². The SMILES string of the molecule is COc1ccccc1C1CC[C@H]2[C@@H]3CCC4CC(=O)C=C[C@]4(C)[C@@H]3CC[C@]12C. The van der Waals surface area contributed by atoms with Crippen molar-refractivity contribution in [1.82, 2.24) is 0 Å². The molecule has 28 heavy (non-hydrogen) atoms. The number of para-hydroxylation sites is 1. The van der Waals surface area contributed by atoms with E-state index in [1.807, 2.05) is 13.2 Å². The van der Waals surface area contributed by atoms with E-state index in [1.165, 1.54) is 44.1 Å². The molecule has 3 fully saturated rings. The Kier molecular flexibility index (Phi) is 4.27. The van der Waals surface area contributed by atoms with Gasteiger partial charge in [0, 0.05) is 6.42 Å². The van der Waals surface area contributed by atoms with Gasteiger partial charge in [0.15, 0.2) is 5.78 Å². The van der Waals surface area contributed by atoms with Crippen LogP contribution in [0.3, 0.4) is 0 Å². The van der Waals surface area contributed by atoms with Gasteiger partial charge in [0.2, 0.25) is 0 Å². The van der Waals surface area contributed by atoms with Crippen LogP contribution >= 0.6 is 0 Å². The van der Waals surface area contributed by atoms with Gasteiger partial charge < -0.3 is 4.74 Å². The Balaban J connectivity index is 1.47. The summed E-state index contributed by atoms with van der Waals surface area (Å²) >= 11 is 0. The van der Waals surface area contributed by atoms with Crippen molar-refractivity contribution in [2.45, 2.75) is 64.7 Å². The number of methoxy groups -OCH3 is 1. The number of hydrogen-bond acceptors (Lipinski definition) is 2. The zero-order chi connectivity index (χ0) is 19.5. The molecule has 4 aliphatic rings. The average molecular weight is 379 g/mol. The largest absolute Gasteiger partial charge is 0.496 e. The summed E-state index contributed by atoms with van der Waals surface area (Å²) < 4.78 is 5.74. The number of ether oxygens (including phenoxy) is 1. The fourth-order valence-corrected chi connectivity index (χ4v) is 8.10. The minimum absolute atomic E-state index is 0.237. The molecule has 1 aromatic rings. The molecule has 0 radical (unpaired) electrons. The molecule has 2 unspecified atom stereocenters. The summed E-state index contributed by atoms with van der Waals surface area (Å²) in [5.41, 5.74) is 2.05. The van der Waals surface area contributed by atoms with Crippen molar-refractivity contribution in [2.24, 2.45) is 34.5 Å². The maximum Gasteiger partial charge on any atom is 0.155 e. The minimum Gasteiger partial charge on any atom is -0.496 e. The Labute approximate surface area is 169 Å². The molecule has 2 heteroatoms. The van der Waals surface area contributed by atoms with Crippen molar-refractivity contribution in [3.05, 3.63) is 42.0 Å². The van der Waals surface area contributed by atoms with E-state index >= 15 is 0 Å². The zero-order valence-electron chi connectivity index (χ0n) is 17.6. The molecule has 3 saturated carbocycles. The Hall–Kier alpha value is -1.57. The zero-order valence-corrected chi connectivity index (χ0v) is 17.6. The molecule has 1 aromatic carbocycles. The van der Waals surface area contributed by atoms with Crippen LogP contribution in [-0.4, -0.2) is 12.9 Å². The highest BCUT2D eigenvalue weighted by atomic mass is 16.5. The highest BCUT2D eigenvalue weighted by molar-refractivity contribution is 5.91. The van der Waals surface area contributed by atoms with Crippen molar-refractivity contribution in [3.63, 3.8) is 0 Å². The average Bonchev–Trinajstić information content (AvgIpc) is 3.05. The van der Waals surface area contributed by atoms with Crippen LogP contribution in [0, 0.1) is 34.5 Å². The predicted molar refractivity (Wildman–Crippen MR) is 112 cm³/mol. The van der Waals surface area contributed by atoms with Crippen LogP contribution in [0.5, 0.6) is 5.75 Å². The monoisotopic (exact) mass is 378 g/mol. The molecule has 5 rings (SSSR count). The number of carbonyl (C=O) groups excluding carboxylic acids is 1. The molecule has 0 aromatic heterocycles. The van der Waals surface area contributed by atoms with Crippen molar-refractivity contribution in [2.75, 3.05) is 7.11 Å². The highest BCUT2D eigenvalue weighted by Crippen LogP contribution is 2.68. The summed E-state index contributed by atoms with van der Waals surface area (Å²) in [6, 6.07) is 8.70. The van der Waals surface area contributed by atoms with Gasteiger partial charge in [-0.15, -0.1) is 0 Å². The van der Waals surface area contributed by atoms with Crippen LogP contribution < -0.4 is 4.74 Å². The summed E-state index contributed by atoms with van der Waals surface area (Å²) in [6.45, 7) is 5.04. The second-order valence-corrected chi connectivity index (χ2v) is 10.4. The molecule has 0 heterocycles. The third-order valence-electron chi connectivity index (χ3n) is 9.55. The van der Waals surface area contributed by atoms with E-state index < -0.39 is 0 Å². The first kappa shape index (κ1) is 18.5. The van der Waals surface area contributed by atoms with E-state index in [1.54, 1.807) is 0 Å². The summed E-state index contributed by atoms with van der Waals surface area (Å²) in [5.74, 6) is 4.98. The van der Waals surface area contributed by atoms with Gasteiger partial charge in [0.1, 0.15) is 5.75 Å². The van der Waals surface area contributed by atoms with Crippen LogP contribution in [0.15, 0.2) is 36.4 Å². The molecule has 0 N–H and O–H groups in total. The van der Waals surface area contributed by atoms with Gasteiger partial charge in [-0.05, 0) is 96.7 Å². The normalized spacial score (nSPS) is 44.5. The van der Waals surface area contributed by atoms with Crippen LogP contribution in [0.4, 0.5) is 0 Å². The number of rotatable bonds is 2. The molecule has 0 aliphatic heterocycles. The molecule has 150 valence electrons. The maximum atomic E-state index is 12.0. The van der Waals surface area contributed by atoms with Gasteiger partial charge in [-0.3, -0.25) is 4.79 Å². The number of hydrogen-bond donors (Lipinski definition) is 0. The van der Waals surface area contributed by atoms with Crippen molar-refractivity contribution < 1.29 is 9.53 Å². The summed E-state index contributed by atoms with van der Waals surface area (Å²) in [4.78, 5) is 12.0. The lowest BCUT2D eigenvalue weighted by Gasteiger charge is -2.59. The Bertz CT molecular complexity index is 810. The fraction of sp³-hybridized carbons (Fsp3) is 0.654. The lowest BCUT2D eigenvalue weighted by molar-refractivity contribution is -0.121. The number of allylic oxidation sites excluding steroid dienone is 2. The molecule has 4 aliphatic carbocycles. The van der Waals surface area contributed by atoms with Crippen LogP contribution in [-0.2, 0) is 4.79 Å². The second kappa shape index (κ2) is 6.47. The Morgan fingerprint density at radius 2 is 1.82 bits per heavy atom. The van der Waals surface area contributed by atoms with Gasteiger partial charge in [0.05, 0.1) is 7.11 Å². The van der Waals surface area contributed by atoms with E-state index in [-0.39, 0.29) is 5.41 Å². The van der Waals surface area contributed by atoms with Gasteiger partial charge in [-0.1, -0.05) is 38.1 Å². The number of fused-ring (bicyclic) bond motifs is 5. The Morgan fingerprint density at radius 3 is 2.64 bits per heavy atom. The topological polar surface area (TPSA) is 26.3 Å². The highest BCUT2D eigenvalue weighted by Gasteiger charge is 2.59. The summed E-state index contributed by atoms with van der Waals surface area (Å²) in [6.07, 6.45) is 12.8. The van der Waals surface area contributed by atoms with Crippen molar-refractivity contribution >= 4 is 5.78 Å². The number of ketones is 1. The maximum absolute atomic E-state index is 12.0. The Morgan fingerprint density at radius 1 is 1.00 bits per heavy atom. The second-order valence-electron chi connectivity index (χ2n) is 10.4. The van der Waals surface area contributed by atoms with Gasteiger partial charge >= 0.3 is 0 Å². The summed E-state index contributed by atoms with van der Waals surface area (Å²) in [5, 5.41) is 0. The third kappa shape index (κ3) is 2.49. The van der Waals surface area contributed by atoms with Crippen molar-refractivity contribution in [1.29, 1.82) is 0 Å². The number of benzene rings is 1. The first-order chi connectivity index (χ1) is 13.5.